The smallest absolute Gasteiger partial charge is 0.135 e. The molecule has 0 N–H and O–H groups in total. The first-order chi connectivity index (χ1) is 56.6. The van der Waals surface area contributed by atoms with E-state index in [0.29, 0.717) is 0 Å². The minimum atomic E-state index is -0.733. The van der Waals surface area contributed by atoms with Gasteiger partial charge in [-0.3, -0.25) is 0 Å². The van der Waals surface area contributed by atoms with Gasteiger partial charge in [-0.05, 0) is 247 Å². The molecule has 3 aromatic heterocycles. The van der Waals surface area contributed by atoms with Crippen molar-refractivity contribution in [2.24, 2.45) is 0 Å². The van der Waals surface area contributed by atoms with Crippen LogP contribution in [0.25, 0.3) is 130 Å². The van der Waals surface area contributed by atoms with Gasteiger partial charge < -0.3 is 18.6 Å². The molecular weight excluding hydrogens is 1410 g/mol. The number of nitrogens with zero attached hydrogens (tertiary/aromatic N) is 2. The molecule has 0 unspecified atom stereocenters. The molecule has 0 aliphatic carbocycles. The van der Waals surface area contributed by atoms with Crippen molar-refractivity contribution in [1.82, 2.24) is 0 Å². The fraction of sp³-hybridized carbons (Fsp3) is 0.0545. The fourth-order valence-corrected chi connectivity index (χ4v) is 20.8. The topological polar surface area (TPSA) is 32.8 Å². The van der Waals surface area contributed by atoms with Gasteiger partial charge in [0, 0.05) is 53.1 Å². The Labute approximate surface area is 670 Å². The third kappa shape index (κ3) is 10.1. The summed E-state index contributed by atoms with van der Waals surface area (Å²) in [4.78, 5) is 5.13. The average molecular weight is 1490 g/mol. The highest BCUT2D eigenvalue weighted by Gasteiger charge is 2.49. The van der Waals surface area contributed by atoms with Gasteiger partial charge in [0.05, 0.1) is 33.6 Å². The second-order valence-corrected chi connectivity index (χ2v) is 32.7. The Bertz CT molecular complexity index is 7420. The van der Waals surface area contributed by atoms with Gasteiger partial charge in [0.2, 0.25) is 0 Å². The predicted octanol–water partition coefficient (Wildman–Crippen LogP) is 30.4. The Kier molecular flexibility index (Phi) is 14.9. The number of thiophene rings is 1. The SMILES string of the molecule is Cc1ccc(C2(c3ccc(C)cc3)c3ccccc3N(c3ccc4c(-c5ccc6oc7ccc(-c8ccccc8)cc7c6c5)c5cc(N6c7ccccc7C(c7ccc(C)cc7)(c7ccc(C)cc7)c7cc8c(cc76)sc6ccccc68)ccc5c(-c5ccc6oc7ccc(-c8ccccc8)cc7c6c5)c4c3)c3ccccc32)cc1. The molecule has 0 radical (unpaired) electrons. The van der Waals surface area contributed by atoms with E-state index in [2.05, 4.69) is 414 Å². The highest BCUT2D eigenvalue weighted by molar-refractivity contribution is 7.25. The number of anilines is 6. The summed E-state index contributed by atoms with van der Waals surface area (Å²) >= 11 is 1.87. The molecule has 5 heterocycles. The number of furan rings is 2. The molecular formula is C110H74N2O2S. The lowest BCUT2D eigenvalue weighted by atomic mass is 9.62. The van der Waals surface area contributed by atoms with Crippen molar-refractivity contribution >= 4 is 131 Å². The molecule has 0 bridgehead atoms. The zero-order valence-electron chi connectivity index (χ0n) is 63.9. The van der Waals surface area contributed by atoms with Gasteiger partial charge in [-0.2, -0.15) is 0 Å². The van der Waals surface area contributed by atoms with Crippen molar-refractivity contribution < 1.29 is 8.83 Å². The van der Waals surface area contributed by atoms with Gasteiger partial charge in [-0.25, -0.2) is 0 Å². The maximum absolute atomic E-state index is 6.89. The summed E-state index contributed by atoms with van der Waals surface area (Å²) in [6.45, 7) is 8.76. The van der Waals surface area contributed by atoms with Crippen LogP contribution in [0.4, 0.5) is 34.1 Å². The van der Waals surface area contributed by atoms with Crippen molar-refractivity contribution in [1.29, 1.82) is 0 Å². The fourth-order valence-electron chi connectivity index (χ4n) is 19.7. The van der Waals surface area contributed by atoms with Gasteiger partial charge >= 0.3 is 0 Å². The van der Waals surface area contributed by atoms with E-state index in [9.17, 15) is 0 Å². The molecule has 5 heteroatoms. The number of rotatable bonds is 10. The molecule has 21 aromatic rings. The van der Waals surface area contributed by atoms with Crippen LogP contribution >= 0.6 is 11.3 Å². The van der Waals surface area contributed by atoms with Crippen LogP contribution in [0.1, 0.15) is 66.8 Å². The minimum absolute atomic E-state index is 0.669. The van der Waals surface area contributed by atoms with Crippen molar-refractivity contribution in [3.63, 3.8) is 0 Å². The van der Waals surface area contributed by atoms with E-state index in [1.165, 1.54) is 86.9 Å². The maximum Gasteiger partial charge on any atom is 0.135 e. The zero-order chi connectivity index (χ0) is 76.4. The highest BCUT2D eigenvalue weighted by atomic mass is 32.1. The largest absolute Gasteiger partial charge is 0.456 e. The Morgan fingerprint density at radius 1 is 0.217 bits per heavy atom. The molecule has 0 spiro atoms. The lowest BCUT2D eigenvalue weighted by Gasteiger charge is -2.46. The molecule has 542 valence electrons. The first-order valence-electron chi connectivity index (χ1n) is 39.8. The van der Waals surface area contributed by atoms with Crippen LogP contribution in [0.5, 0.6) is 0 Å². The number of para-hydroxylation sites is 3. The lowest BCUT2D eigenvalue weighted by Crippen LogP contribution is -2.37. The Hall–Kier alpha value is -14.1. The quantitative estimate of drug-likeness (QED) is 0.128. The van der Waals surface area contributed by atoms with E-state index in [1.807, 2.05) is 11.3 Å². The van der Waals surface area contributed by atoms with Gasteiger partial charge in [-0.1, -0.05) is 289 Å². The summed E-state index contributed by atoms with van der Waals surface area (Å²) < 4.78 is 16.3. The van der Waals surface area contributed by atoms with E-state index in [4.69, 9.17) is 8.83 Å². The zero-order valence-corrected chi connectivity index (χ0v) is 64.7. The van der Waals surface area contributed by atoms with Crippen LogP contribution in [0.15, 0.2) is 385 Å². The third-order valence-corrected chi connectivity index (χ3v) is 26.2. The summed E-state index contributed by atoms with van der Waals surface area (Å²) in [7, 11) is 0. The van der Waals surface area contributed by atoms with Gasteiger partial charge in [0.15, 0.2) is 0 Å². The molecule has 2 aliphatic rings. The first-order valence-corrected chi connectivity index (χ1v) is 40.6. The van der Waals surface area contributed by atoms with Crippen molar-refractivity contribution in [2.75, 3.05) is 9.80 Å². The molecule has 4 nitrogen and oxygen atoms in total. The predicted molar refractivity (Wildman–Crippen MR) is 483 cm³/mol. The second-order valence-electron chi connectivity index (χ2n) is 31.6. The summed E-state index contributed by atoms with van der Waals surface area (Å²) in [6, 6.07) is 142. The van der Waals surface area contributed by atoms with Crippen LogP contribution in [-0.4, -0.2) is 0 Å². The van der Waals surface area contributed by atoms with E-state index in [0.717, 1.165) is 144 Å². The van der Waals surface area contributed by atoms with Crippen LogP contribution in [0.2, 0.25) is 0 Å². The van der Waals surface area contributed by atoms with Crippen LogP contribution in [0.3, 0.4) is 0 Å². The van der Waals surface area contributed by atoms with E-state index in [1.54, 1.807) is 0 Å². The molecule has 23 rings (SSSR count). The van der Waals surface area contributed by atoms with Crippen LogP contribution in [-0.2, 0) is 10.8 Å². The Balaban J connectivity index is 0.837. The molecule has 0 saturated heterocycles. The monoisotopic (exact) mass is 1490 g/mol. The van der Waals surface area contributed by atoms with Crippen LogP contribution < -0.4 is 9.80 Å². The van der Waals surface area contributed by atoms with Gasteiger partial charge in [0.1, 0.15) is 22.3 Å². The highest BCUT2D eigenvalue weighted by Crippen LogP contribution is 2.62. The third-order valence-electron chi connectivity index (χ3n) is 25.1. The Morgan fingerprint density at radius 2 is 0.565 bits per heavy atom. The summed E-state index contributed by atoms with van der Waals surface area (Å²) in [6.07, 6.45) is 0. The molecule has 115 heavy (non-hydrogen) atoms. The number of hydrogen-bond donors (Lipinski definition) is 0. The Morgan fingerprint density at radius 3 is 0.983 bits per heavy atom. The minimum Gasteiger partial charge on any atom is -0.456 e. The van der Waals surface area contributed by atoms with E-state index in [-0.39, 0.29) is 0 Å². The second kappa shape index (κ2) is 25.7. The van der Waals surface area contributed by atoms with Crippen molar-refractivity contribution in [3.05, 3.63) is 443 Å². The summed E-state index contributed by atoms with van der Waals surface area (Å²) in [5, 5.41) is 11.2. The van der Waals surface area contributed by atoms with E-state index >= 15 is 0 Å². The molecule has 0 amide bonds. The van der Waals surface area contributed by atoms with Crippen molar-refractivity contribution in [3.8, 4) is 44.5 Å². The van der Waals surface area contributed by atoms with Gasteiger partial charge in [0.25, 0.3) is 0 Å². The molecule has 2 aliphatic heterocycles. The summed E-state index contributed by atoms with van der Waals surface area (Å²) in [5.74, 6) is 0. The number of benzene rings is 18. The maximum atomic E-state index is 6.89. The first kappa shape index (κ1) is 66.7. The standard InChI is InChI=1S/C110H74N2O2S/c1-67-31-43-77(44-32-67)109(78-45-33-68(2)34-46-78)93-24-12-15-27-97(93)111(98-28-16-13-25-94(98)109)81-51-53-84-91(63-81)107(75-41-57-103-88(61-75)86-59-73(39-55-101(86)113-103)71-19-7-5-8-20-71)85-54-52-82(64-92(85)108(84)76-42-58-104-89(62-76)87-60-74(40-56-102(87)114-104)72-21-9-6-10-22-72)112-99-29-17-14-26-95(99)110(79-47-35-69(3)36-48-79,80-49-37-70(4)38-50-80)96-65-90-83-23-11-18-30-105(83)115-106(90)66-100(96)112/h5-66H,1-4H3. The normalized spacial score (nSPS) is 13.5. The molecule has 0 atom stereocenters. The lowest BCUT2D eigenvalue weighted by molar-refractivity contribution is 0.668. The van der Waals surface area contributed by atoms with Crippen molar-refractivity contribution in [2.45, 2.75) is 38.5 Å². The molecule has 0 saturated carbocycles. The number of hydrogen-bond acceptors (Lipinski definition) is 5. The van der Waals surface area contributed by atoms with Gasteiger partial charge in [-0.15, -0.1) is 11.3 Å². The van der Waals surface area contributed by atoms with Crippen LogP contribution in [0, 0.1) is 27.7 Å². The molecule has 18 aromatic carbocycles. The average Bonchev–Trinajstić information content (AvgIpc) is 1.44. The van der Waals surface area contributed by atoms with E-state index < -0.39 is 10.8 Å². The summed E-state index contributed by atoms with van der Waals surface area (Å²) in [5.41, 5.74) is 32.1. The molecule has 0 fully saturated rings. The number of fused-ring (bicyclic) bond motifs is 15. The number of aryl methyl sites for hydroxylation is 4.